The summed E-state index contributed by atoms with van der Waals surface area (Å²) in [4.78, 5) is 11.8. The van der Waals surface area contributed by atoms with Crippen molar-refractivity contribution in [1.82, 2.24) is 0 Å². The van der Waals surface area contributed by atoms with Gasteiger partial charge in [-0.2, -0.15) is 0 Å². The topological polar surface area (TPSA) is 64.3 Å². The number of nitrogens with one attached hydrogen (secondary N) is 1. The average Bonchev–Trinajstić information content (AvgIpc) is 2.30. The Bertz CT molecular complexity index is 453. The van der Waals surface area contributed by atoms with Crippen molar-refractivity contribution in [2.75, 3.05) is 5.32 Å². The molecule has 2 unspecified atom stereocenters. The van der Waals surface area contributed by atoms with Gasteiger partial charge in [0.15, 0.2) is 0 Å². The second kappa shape index (κ2) is 8.07. The van der Waals surface area contributed by atoms with Crippen molar-refractivity contribution in [2.24, 2.45) is 11.7 Å². The van der Waals surface area contributed by atoms with Crippen molar-refractivity contribution in [3.8, 4) is 5.75 Å². The van der Waals surface area contributed by atoms with E-state index in [2.05, 4.69) is 5.32 Å². The quantitative estimate of drug-likeness (QED) is 0.879. The van der Waals surface area contributed by atoms with Crippen LogP contribution < -0.4 is 15.8 Å². The second-order valence-corrected chi connectivity index (χ2v) is 4.95. The molecular weight excluding hydrogens is 283 g/mol. The Hall–Kier alpha value is -1.33. The number of carbonyl (C=O) groups is 1. The lowest BCUT2D eigenvalue weighted by Gasteiger charge is -2.16. The molecule has 0 bridgehead atoms. The number of ether oxygens (including phenoxy) is 1. The molecule has 114 valence electrons. The van der Waals surface area contributed by atoms with Gasteiger partial charge in [0.05, 0.1) is 17.7 Å². The fourth-order valence-electron chi connectivity index (χ4n) is 1.43. The Labute approximate surface area is 125 Å². The van der Waals surface area contributed by atoms with Gasteiger partial charge in [0.2, 0.25) is 5.91 Å². The molecule has 0 radical (unpaired) electrons. The van der Waals surface area contributed by atoms with Crippen LogP contribution in [0.3, 0.4) is 0 Å². The lowest BCUT2D eigenvalue weighted by molar-refractivity contribution is -0.119. The summed E-state index contributed by atoms with van der Waals surface area (Å²) in [7, 11) is 0. The van der Waals surface area contributed by atoms with Crippen molar-refractivity contribution >= 4 is 24.0 Å². The minimum absolute atomic E-state index is 0. The molecule has 2 atom stereocenters. The largest absolute Gasteiger partial charge is 0.491 e. The normalized spacial score (nSPS) is 13.3. The van der Waals surface area contributed by atoms with E-state index in [1.807, 2.05) is 13.8 Å². The van der Waals surface area contributed by atoms with Gasteiger partial charge in [-0.3, -0.25) is 4.79 Å². The number of hydrogen-bond donors (Lipinski definition) is 2. The fraction of sp³-hybridized carbons (Fsp3) is 0.500. The Balaban J connectivity index is 0.00000361. The van der Waals surface area contributed by atoms with Gasteiger partial charge in [-0.05, 0) is 32.9 Å². The first kappa shape index (κ1) is 18.7. The first-order chi connectivity index (χ1) is 8.81. The minimum Gasteiger partial charge on any atom is -0.491 e. The smallest absolute Gasteiger partial charge is 0.228 e. The van der Waals surface area contributed by atoms with Crippen LogP contribution in [-0.2, 0) is 4.79 Å². The molecule has 1 aromatic rings. The Morgan fingerprint density at radius 2 is 1.90 bits per heavy atom. The van der Waals surface area contributed by atoms with E-state index in [0.29, 0.717) is 5.75 Å². The number of anilines is 1. The van der Waals surface area contributed by atoms with Crippen LogP contribution in [0.15, 0.2) is 18.2 Å². The predicted octanol–water partition coefficient (Wildman–Crippen LogP) is 2.96. The molecule has 0 spiro atoms. The van der Waals surface area contributed by atoms with E-state index in [0.717, 1.165) is 0 Å². The minimum atomic E-state index is -0.525. The van der Waals surface area contributed by atoms with Crippen LogP contribution in [0, 0.1) is 11.7 Å². The zero-order valence-corrected chi connectivity index (χ0v) is 13.0. The molecule has 0 aliphatic rings. The van der Waals surface area contributed by atoms with Gasteiger partial charge >= 0.3 is 0 Å². The first-order valence-corrected chi connectivity index (χ1v) is 6.34. The number of benzene rings is 1. The molecule has 0 fully saturated rings. The van der Waals surface area contributed by atoms with E-state index in [1.54, 1.807) is 19.9 Å². The van der Waals surface area contributed by atoms with Crippen molar-refractivity contribution in [2.45, 2.75) is 39.8 Å². The average molecular weight is 305 g/mol. The van der Waals surface area contributed by atoms with E-state index >= 15 is 0 Å². The van der Waals surface area contributed by atoms with Crippen molar-refractivity contribution in [3.63, 3.8) is 0 Å². The maximum Gasteiger partial charge on any atom is 0.228 e. The summed E-state index contributed by atoms with van der Waals surface area (Å²) in [5.74, 6) is -0.772. The fourth-order valence-corrected chi connectivity index (χ4v) is 1.43. The summed E-state index contributed by atoms with van der Waals surface area (Å²) < 4.78 is 19.2. The van der Waals surface area contributed by atoms with E-state index in [4.69, 9.17) is 10.5 Å². The van der Waals surface area contributed by atoms with Gasteiger partial charge in [0.25, 0.3) is 0 Å². The molecule has 0 heterocycles. The highest BCUT2D eigenvalue weighted by molar-refractivity contribution is 5.92. The van der Waals surface area contributed by atoms with Gasteiger partial charge in [-0.25, -0.2) is 4.39 Å². The lowest BCUT2D eigenvalue weighted by atomic mass is 10.0. The Morgan fingerprint density at radius 3 is 2.35 bits per heavy atom. The number of amides is 1. The van der Waals surface area contributed by atoms with Gasteiger partial charge in [0.1, 0.15) is 11.6 Å². The third-order valence-electron chi connectivity index (χ3n) is 2.77. The molecular formula is C14H22ClFN2O2. The van der Waals surface area contributed by atoms with Gasteiger partial charge in [-0.1, -0.05) is 6.92 Å². The van der Waals surface area contributed by atoms with Crippen molar-refractivity contribution < 1.29 is 13.9 Å². The number of rotatable bonds is 5. The molecule has 0 aliphatic heterocycles. The van der Waals surface area contributed by atoms with Crippen LogP contribution in [0.25, 0.3) is 0 Å². The zero-order valence-electron chi connectivity index (χ0n) is 12.1. The molecule has 20 heavy (non-hydrogen) atoms. The lowest BCUT2D eigenvalue weighted by Crippen LogP contribution is -2.34. The molecule has 4 nitrogen and oxygen atoms in total. The molecule has 0 saturated carbocycles. The second-order valence-electron chi connectivity index (χ2n) is 4.95. The standard InChI is InChI=1S/C14H21FN2O2.ClH/c1-8(2)19-11-5-6-13(12(15)7-11)17-14(18)9(3)10(4)16;/h5-10H,16H2,1-4H3,(H,17,18);1H. The number of nitrogens with two attached hydrogens (primary N) is 1. The van der Waals surface area contributed by atoms with Gasteiger partial charge in [-0.15, -0.1) is 12.4 Å². The van der Waals surface area contributed by atoms with Crippen LogP contribution >= 0.6 is 12.4 Å². The predicted molar refractivity (Wildman–Crippen MR) is 80.9 cm³/mol. The Kier molecular flexibility index (Phi) is 7.53. The molecule has 1 amide bonds. The summed E-state index contributed by atoms with van der Waals surface area (Å²) in [6, 6.07) is 4.08. The summed E-state index contributed by atoms with van der Waals surface area (Å²) in [5.41, 5.74) is 5.77. The van der Waals surface area contributed by atoms with Crippen LogP contribution in [-0.4, -0.2) is 18.1 Å². The highest BCUT2D eigenvalue weighted by Gasteiger charge is 2.18. The van der Waals surface area contributed by atoms with Crippen LogP contribution in [0.5, 0.6) is 5.75 Å². The number of hydrogen-bond acceptors (Lipinski definition) is 3. The molecule has 3 N–H and O–H groups in total. The molecule has 0 aliphatic carbocycles. The SMILES string of the molecule is CC(C)Oc1ccc(NC(=O)C(C)C(C)N)c(F)c1.Cl. The summed E-state index contributed by atoms with van der Waals surface area (Å²) in [6.07, 6.45) is -0.0297. The third kappa shape index (κ3) is 5.35. The highest BCUT2D eigenvalue weighted by atomic mass is 35.5. The molecule has 0 aromatic heterocycles. The van der Waals surface area contributed by atoms with E-state index in [1.165, 1.54) is 12.1 Å². The summed E-state index contributed by atoms with van der Waals surface area (Å²) >= 11 is 0. The molecule has 1 aromatic carbocycles. The molecule has 6 heteroatoms. The maximum absolute atomic E-state index is 13.8. The third-order valence-corrected chi connectivity index (χ3v) is 2.77. The summed E-state index contributed by atoms with van der Waals surface area (Å²) in [5, 5.41) is 2.52. The summed E-state index contributed by atoms with van der Waals surface area (Å²) in [6.45, 7) is 7.16. The number of halogens is 2. The molecule has 1 rings (SSSR count). The monoisotopic (exact) mass is 304 g/mol. The van der Waals surface area contributed by atoms with Crippen molar-refractivity contribution in [3.05, 3.63) is 24.0 Å². The first-order valence-electron chi connectivity index (χ1n) is 6.34. The van der Waals surface area contributed by atoms with Crippen LogP contribution in [0.1, 0.15) is 27.7 Å². The van der Waals surface area contributed by atoms with Crippen LogP contribution in [0.4, 0.5) is 10.1 Å². The van der Waals surface area contributed by atoms with Gasteiger partial charge in [0, 0.05) is 12.1 Å². The van der Waals surface area contributed by atoms with E-state index < -0.39 is 5.82 Å². The van der Waals surface area contributed by atoms with Gasteiger partial charge < -0.3 is 15.8 Å². The van der Waals surface area contributed by atoms with Crippen molar-refractivity contribution in [1.29, 1.82) is 0 Å². The van der Waals surface area contributed by atoms with Crippen LogP contribution in [0.2, 0.25) is 0 Å². The molecule has 0 saturated heterocycles. The maximum atomic E-state index is 13.8. The number of carbonyl (C=O) groups excluding carboxylic acids is 1. The van der Waals surface area contributed by atoms with E-state index in [-0.39, 0.29) is 42.1 Å². The van der Waals surface area contributed by atoms with E-state index in [9.17, 15) is 9.18 Å². The zero-order chi connectivity index (χ0) is 14.6. The Morgan fingerprint density at radius 1 is 1.30 bits per heavy atom. The highest BCUT2D eigenvalue weighted by Crippen LogP contribution is 2.22.